The van der Waals surface area contributed by atoms with Gasteiger partial charge in [-0.25, -0.2) is 4.68 Å². The van der Waals surface area contributed by atoms with Gasteiger partial charge in [0.1, 0.15) is 0 Å². The van der Waals surface area contributed by atoms with E-state index in [0.717, 1.165) is 68.3 Å². The van der Waals surface area contributed by atoms with Gasteiger partial charge in [0.2, 0.25) is 5.91 Å². The van der Waals surface area contributed by atoms with Gasteiger partial charge in [0.05, 0.1) is 17.1 Å². The van der Waals surface area contributed by atoms with Crippen LogP contribution in [0.1, 0.15) is 35.5 Å². The zero-order valence-corrected chi connectivity index (χ0v) is 18.5. The predicted molar refractivity (Wildman–Crippen MR) is 122 cm³/mol. The average molecular weight is 418 g/mol. The van der Waals surface area contributed by atoms with Crippen LogP contribution in [-0.4, -0.2) is 56.7 Å². The zero-order valence-electron chi connectivity index (χ0n) is 18.5. The van der Waals surface area contributed by atoms with Crippen molar-refractivity contribution < 1.29 is 4.79 Å². The van der Waals surface area contributed by atoms with Crippen LogP contribution >= 0.6 is 0 Å². The second-order valence-electron chi connectivity index (χ2n) is 8.34. The van der Waals surface area contributed by atoms with Gasteiger partial charge in [0.15, 0.2) is 0 Å². The summed E-state index contributed by atoms with van der Waals surface area (Å²) in [6.07, 6.45) is 4.17. The van der Waals surface area contributed by atoms with Gasteiger partial charge in [-0.05, 0) is 62.6 Å². The second-order valence-corrected chi connectivity index (χ2v) is 8.34. The van der Waals surface area contributed by atoms with Gasteiger partial charge in [-0.1, -0.05) is 18.2 Å². The van der Waals surface area contributed by atoms with E-state index in [2.05, 4.69) is 58.3 Å². The number of nitrogens with zero attached hydrogens (tertiary/aromatic N) is 5. The van der Waals surface area contributed by atoms with Gasteiger partial charge in [0.25, 0.3) is 0 Å². The first kappa shape index (κ1) is 21.2. The van der Waals surface area contributed by atoms with Crippen LogP contribution in [0, 0.1) is 13.8 Å². The summed E-state index contributed by atoms with van der Waals surface area (Å²) in [6, 6.07) is 16.5. The topological polar surface area (TPSA) is 54.3 Å². The molecule has 0 radical (unpaired) electrons. The van der Waals surface area contributed by atoms with E-state index in [1.807, 2.05) is 34.8 Å². The largest absolute Gasteiger partial charge is 0.341 e. The molecule has 1 fully saturated rings. The Morgan fingerprint density at radius 2 is 1.84 bits per heavy atom. The Morgan fingerprint density at radius 1 is 1.00 bits per heavy atom. The van der Waals surface area contributed by atoms with Crippen LogP contribution in [0.25, 0.3) is 5.69 Å². The summed E-state index contributed by atoms with van der Waals surface area (Å²) in [4.78, 5) is 21.7. The van der Waals surface area contributed by atoms with Gasteiger partial charge in [-0.3, -0.25) is 14.7 Å². The van der Waals surface area contributed by atoms with E-state index < -0.39 is 0 Å². The van der Waals surface area contributed by atoms with Crippen molar-refractivity contribution >= 4 is 5.91 Å². The van der Waals surface area contributed by atoms with Gasteiger partial charge in [-0.15, -0.1) is 0 Å². The third-order valence-corrected chi connectivity index (χ3v) is 5.87. The molecule has 1 amide bonds. The van der Waals surface area contributed by atoms with E-state index in [-0.39, 0.29) is 5.91 Å². The van der Waals surface area contributed by atoms with Gasteiger partial charge in [0, 0.05) is 51.0 Å². The molecule has 6 heteroatoms. The Bertz CT molecular complexity index is 997. The van der Waals surface area contributed by atoms with Crippen LogP contribution in [0.4, 0.5) is 0 Å². The van der Waals surface area contributed by atoms with Crippen LogP contribution in [0.2, 0.25) is 0 Å². The molecular weight excluding hydrogens is 386 g/mol. The Morgan fingerprint density at radius 3 is 2.55 bits per heavy atom. The van der Waals surface area contributed by atoms with Gasteiger partial charge in [-0.2, -0.15) is 5.10 Å². The third-order valence-electron chi connectivity index (χ3n) is 5.87. The first-order chi connectivity index (χ1) is 15.1. The maximum absolute atomic E-state index is 12.8. The molecule has 0 saturated carbocycles. The van der Waals surface area contributed by atoms with Crippen molar-refractivity contribution in [2.24, 2.45) is 0 Å². The molecule has 0 N–H and O–H groups in total. The first-order valence-electron chi connectivity index (χ1n) is 11.1. The summed E-state index contributed by atoms with van der Waals surface area (Å²) in [5, 5.41) is 4.53. The molecule has 0 bridgehead atoms. The molecule has 3 aromatic rings. The Balaban J connectivity index is 1.27. The average Bonchev–Trinajstić information content (AvgIpc) is 2.97. The lowest BCUT2D eigenvalue weighted by atomic mass is 10.1. The molecule has 0 spiro atoms. The second kappa shape index (κ2) is 9.88. The quantitative estimate of drug-likeness (QED) is 0.616. The third kappa shape index (κ3) is 5.58. The van der Waals surface area contributed by atoms with Crippen molar-refractivity contribution in [2.75, 3.05) is 26.2 Å². The number of hydrogen-bond donors (Lipinski definition) is 0. The van der Waals surface area contributed by atoms with E-state index >= 15 is 0 Å². The number of hydrogen-bond acceptors (Lipinski definition) is 4. The number of amides is 1. The van der Waals surface area contributed by atoms with E-state index in [1.165, 1.54) is 5.56 Å². The van der Waals surface area contributed by atoms with Crippen LogP contribution < -0.4 is 0 Å². The number of rotatable bonds is 6. The minimum atomic E-state index is 0.252. The van der Waals surface area contributed by atoms with Crippen molar-refractivity contribution in [1.29, 1.82) is 0 Å². The first-order valence-corrected chi connectivity index (χ1v) is 11.1. The van der Waals surface area contributed by atoms with Crippen molar-refractivity contribution in [3.8, 4) is 5.69 Å². The lowest BCUT2D eigenvalue weighted by Gasteiger charge is -2.22. The number of aromatic nitrogens is 3. The van der Waals surface area contributed by atoms with Crippen molar-refractivity contribution in [3.63, 3.8) is 0 Å². The molecule has 2 aromatic heterocycles. The van der Waals surface area contributed by atoms with Crippen LogP contribution in [0.5, 0.6) is 0 Å². The summed E-state index contributed by atoms with van der Waals surface area (Å²) in [5.41, 5.74) is 5.47. The van der Waals surface area contributed by atoms with Gasteiger partial charge < -0.3 is 4.90 Å². The highest BCUT2D eigenvalue weighted by atomic mass is 16.2. The van der Waals surface area contributed by atoms with E-state index in [0.29, 0.717) is 6.42 Å². The summed E-state index contributed by atoms with van der Waals surface area (Å²) >= 11 is 0. The molecule has 0 aliphatic carbocycles. The smallest absolute Gasteiger partial charge is 0.222 e. The lowest BCUT2D eigenvalue weighted by Crippen LogP contribution is -2.35. The molecule has 1 saturated heterocycles. The van der Waals surface area contributed by atoms with E-state index in [9.17, 15) is 4.79 Å². The fourth-order valence-corrected chi connectivity index (χ4v) is 4.20. The number of aryl methyl sites for hydroxylation is 3. The lowest BCUT2D eigenvalue weighted by molar-refractivity contribution is -0.131. The molecule has 3 heterocycles. The minimum absolute atomic E-state index is 0.252. The Labute approximate surface area is 184 Å². The number of carbonyl (C=O) groups is 1. The highest BCUT2D eigenvalue weighted by molar-refractivity contribution is 5.76. The molecule has 1 aliphatic rings. The number of pyridine rings is 1. The highest BCUT2D eigenvalue weighted by Crippen LogP contribution is 2.15. The predicted octanol–water partition coefficient (Wildman–Crippen LogP) is 3.55. The Hall–Kier alpha value is -2.99. The fourth-order valence-electron chi connectivity index (χ4n) is 4.20. The van der Waals surface area contributed by atoms with Gasteiger partial charge >= 0.3 is 0 Å². The number of carbonyl (C=O) groups excluding carboxylic acids is 1. The molecule has 6 nitrogen and oxygen atoms in total. The van der Waals surface area contributed by atoms with Crippen molar-refractivity contribution in [1.82, 2.24) is 24.6 Å². The zero-order chi connectivity index (χ0) is 21.6. The molecule has 0 unspecified atom stereocenters. The van der Waals surface area contributed by atoms with Crippen molar-refractivity contribution in [2.45, 2.75) is 39.7 Å². The summed E-state index contributed by atoms with van der Waals surface area (Å²) < 4.78 is 1.96. The van der Waals surface area contributed by atoms with Crippen molar-refractivity contribution in [3.05, 3.63) is 77.4 Å². The summed E-state index contributed by atoms with van der Waals surface area (Å²) in [5.74, 6) is 0.252. The molecule has 162 valence electrons. The van der Waals surface area contributed by atoms with Crippen LogP contribution in [-0.2, 0) is 17.8 Å². The Kier molecular flexibility index (Phi) is 6.77. The minimum Gasteiger partial charge on any atom is -0.341 e. The molecule has 0 atom stereocenters. The maximum atomic E-state index is 12.8. The molecule has 4 rings (SSSR count). The van der Waals surface area contributed by atoms with Crippen LogP contribution in [0.15, 0.2) is 54.7 Å². The standard InChI is InChI=1S/C25H31N5O/c1-20-18-21(2)30(27-20)24-10-7-22(8-11-24)9-12-25(31)29-15-5-14-28(16-17-29)19-23-6-3-4-13-26-23/h3-4,6-8,10-11,13,18H,5,9,12,14-17,19H2,1-2H3. The molecule has 1 aromatic carbocycles. The SMILES string of the molecule is Cc1cc(C)n(-c2ccc(CCC(=O)N3CCCN(Cc4ccccn4)CC3)cc2)n1. The van der Waals surface area contributed by atoms with E-state index in [4.69, 9.17) is 0 Å². The summed E-state index contributed by atoms with van der Waals surface area (Å²) in [7, 11) is 0. The van der Waals surface area contributed by atoms with Crippen LogP contribution in [0.3, 0.4) is 0 Å². The van der Waals surface area contributed by atoms with E-state index in [1.54, 1.807) is 0 Å². The molecule has 31 heavy (non-hydrogen) atoms. The normalized spacial score (nSPS) is 15.1. The highest BCUT2D eigenvalue weighted by Gasteiger charge is 2.19. The molecule has 1 aliphatic heterocycles. The maximum Gasteiger partial charge on any atom is 0.222 e. The fraction of sp³-hybridized carbons (Fsp3) is 0.400. The number of benzene rings is 1. The summed E-state index contributed by atoms with van der Waals surface area (Å²) in [6.45, 7) is 8.46. The molecular formula is C25H31N5O. The monoisotopic (exact) mass is 417 g/mol.